The molecule has 5 rings (SSSR count). The van der Waals surface area contributed by atoms with Crippen LogP contribution in [0.4, 0.5) is 0 Å². The first-order valence-corrected chi connectivity index (χ1v) is 7.29. The van der Waals surface area contributed by atoms with Gasteiger partial charge in [-0.3, -0.25) is 9.80 Å². The lowest BCUT2D eigenvalue weighted by atomic mass is 9.93. The van der Waals surface area contributed by atoms with E-state index in [1.54, 1.807) is 0 Å². The molecule has 3 fully saturated rings. The Hall–Kier alpha value is -1.10. The second kappa shape index (κ2) is 4.47. The highest BCUT2D eigenvalue weighted by Crippen LogP contribution is 2.31. The molecule has 3 saturated heterocycles. The molecule has 0 aliphatic carbocycles. The van der Waals surface area contributed by atoms with Gasteiger partial charge in [0.05, 0.1) is 6.61 Å². The third-order valence-corrected chi connectivity index (χ3v) is 4.83. The SMILES string of the molecule is NC(c1ccc2c(c1)CCO2)C1CN2CCN1CC2. The van der Waals surface area contributed by atoms with Crippen LogP contribution in [-0.2, 0) is 6.42 Å². The molecule has 19 heavy (non-hydrogen) atoms. The molecule has 0 radical (unpaired) electrons. The van der Waals surface area contributed by atoms with Crippen molar-refractivity contribution in [2.24, 2.45) is 5.73 Å². The number of rotatable bonds is 2. The average Bonchev–Trinajstić information content (AvgIpc) is 2.95. The number of nitrogens with zero attached hydrogens (tertiary/aromatic N) is 2. The van der Waals surface area contributed by atoms with Crippen molar-refractivity contribution in [1.82, 2.24) is 9.80 Å². The Morgan fingerprint density at radius 1 is 1.21 bits per heavy atom. The van der Waals surface area contributed by atoms with E-state index in [0.29, 0.717) is 6.04 Å². The summed E-state index contributed by atoms with van der Waals surface area (Å²) in [5, 5.41) is 0. The van der Waals surface area contributed by atoms with E-state index in [1.807, 2.05) is 0 Å². The van der Waals surface area contributed by atoms with Gasteiger partial charge in [0.25, 0.3) is 0 Å². The van der Waals surface area contributed by atoms with Crippen molar-refractivity contribution < 1.29 is 4.74 Å². The highest BCUT2D eigenvalue weighted by atomic mass is 16.5. The van der Waals surface area contributed by atoms with Gasteiger partial charge in [0.2, 0.25) is 0 Å². The molecule has 0 amide bonds. The molecule has 0 aromatic heterocycles. The predicted octanol–water partition coefficient (Wildman–Crippen LogP) is 0.621. The summed E-state index contributed by atoms with van der Waals surface area (Å²) in [4.78, 5) is 5.11. The molecule has 2 bridgehead atoms. The predicted molar refractivity (Wildman–Crippen MR) is 74.4 cm³/mol. The fourth-order valence-corrected chi connectivity index (χ4v) is 3.63. The first-order chi connectivity index (χ1) is 9.31. The number of benzene rings is 1. The lowest BCUT2D eigenvalue weighted by Crippen LogP contribution is -2.63. The Labute approximate surface area is 114 Å². The second-order valence-electron chi connectivity index (χ2n) is 5.90. The average molecular weight is 259 g/mol. The number of hydrogen-bond donors (Lipinski definition) is 1. The lowest BCUT2D eigenvalue weighted by molar-refractivity contribution is 0.00214. The highest BCUT2D eigenvalue weighted by molar-refractivity contribution is 5.41. The van der Waals surface area contributed by atoms with E-state index in [4.69, 9.17) is 10.5 Å². The van der Waals surface area contributed by atoms with Gasteiger partial charge in [0.15, 0.2) is 0 Å². The topological polar surface area (TPSA) is 41.7 Å². The fourth-order valence-electron chi connectivity index (χ4n) is 3.63. The van der Waals surface area contributed by atoms with E-state index < -0.39 is 0 Å². The van der Waals surface area contributed by atoms with E-state index in [9.17, 15) is 0 Å². The molecule has 2 atom stereocenters. The summed E-state index contributed by atoms with van der Waals surface area (Å²) in [6.07, 6.45) is 1.02. The Morgan fingerprint density at radius 3 is 2.79 bits per heavy atom. The fraction of sp³-hybridized carbons (Fsp3) is 0.600. The molecule has 2 N–H and O–H groups in total. The summed E-state index contributed by atoms with van der Waals surface area (Å²) in [6.45, 7) is 6.70. The number of hydrogen-bond acceptors (Lipinski definition) is 4. The minimum absolute atomic E-state index is 0.119. The van der Waals surface area contributed by atoms with Gasteiger partial charge in [-0.1, -0.05) is 12.1 Å². The first-order valence-electron chi connectivity index (χ1n) is 7.29. The molecule has 4 aliphatic rings. The van der Waals surface area contributed by atoms with Crippen molar-refractivity contribution in [2.45, 2.75) is 18.5 Å². The van der Waals surface area contributed by atoms with Gasteiger partial charge < -0.3 is 10.5 Å². The van der Waals surface area contributed by atoms with Crippen molar-refractivity contribution in [3.8, 4) is 5.75 Å². The molecule has 4 heterocycles. The standard InChI is InChI=1S/C15H21N3O/c16-15(13-10-17-4-6-18(13)7-5-17)12-1-2-14-11(9-12)3-8-19-14/h1-2,9,13,15H,3-8,10,16H2. The van der Waals surface area contributed by atoms with Crippen LogP contribution in [0.3, 0.4) is 0 Å². The van der Waals surface area contributed by atoms with E-state index in [1.165, 1.54) is 37.3 Å². The van der Waals surface area contributed by atoms with E-state index in [0.717, 1.165) is 25.3 Å². The van der Waals surface area contributed by atoms with Gasteiger partial charge in [-0.25, -0.2) is 0 Å². The first kappa shape index (κ1) is 11.7. The number of ether oxygens (including phenoxy) is 1. The van der Waals surface area contributed by atoms with E-state index in [2.05, 4.69) is 28.0 Å². The quantitative estimate of drug-likeness (QED) is 0.845. The van der Waals surface area contributed by atoms with Gasteiger partial charge in [0.1, 0.15) is 5.75 Å². The largest absolute Gasteiger partial charge is 0.493 e. The zero-order chi connectivity index (χ0) is 12.8. The number of piperazine rings is 3. The van der Waals surface area contributed by atoms with Gasteiger partial charge in [-0.05, 0) is 17.2 Å². The molecule has 0 spiro atoms. The second-order valence-corrected chi connectivity index (χ2v) is 5.90. The van der Waals surface area contributed by atoms with Crippen molar-refractivity contribution in [3.05, 3.63) is 29.3 Å². The van der Waals surface area contributed by atoms with Crippen LogP contribution in [0.15, 0.2) is 18.2 Å². The summed E-state index contributed by atoms with van der Waals surface area (Å²) in [5.41, 5.74) is 9.13. The molecule has 4 aliphatic heterocycles. The monoisotopic (exact) mass is 259 g/mol. The van der Waals surface area contributed by atoms with Gasteiger partial charge in [-0.15, -0.1) is 0 Å². The molecule has 102 valence electrons. The Kier molecular flexibility index (Phi) is 2.76. The van der Waals surface area contributed by atoms with Crippen molar-refractivity contribution >= 4 is 0 Å². The van der Waals surface area contributed by atoms with E-state index in [-0.39, 0.29) is 6.04 Å². The third-order valence-electron chi connectivity index (χ3n) is 4.83. The molecule has 4 nitrogen and oxygen atoms in total. The molecule has 2 unspecified atom stereocenters. The summed E-state index contributed by atoms with van der Waals surface area (Å²) < 4.78 is 5.57. The zero-order valence-corrected chi connectivity index (χ0v) is 11.2. The number of nitrogens with two attached hydrogens (primary N) is 1. The summed E-state index contributed by atoms with van der Waals surface area (Å²) in [7, 11) is 0. The van der Waals surface area contributed by atoms with Crippen molar-refractivity contribution in [2.75, 3.05) is 39.3 Å². The Morgan fingerprint density at radius 2 is 2.05 bits per heavy atom. The maximum Gasteiger partial charge on any atom is 0.122 e. The summed E-state index contributed by atoms with van der Waals surface area (Å²) in [6, 6.07) is 7.09. The van der Waals surface area contributed by atoms with Crippen LogP contribution in [0.2, 0.25) is 0 Å². The molecule has 0 saturated carbocycles. The van der Waals surface area contributed by atoms with Crippen molar-refractivity contribution in [1.29, 1.82) is 0 Å². The zero-order valence-electron chi connectivity index (χ0n) is 11.2. The maximum atomic E-state index is 6.54. The minimum Gasteiger partial charge on any atom is -0.493 e. The highest BCUT2D eigenvalue weighted by Gasteiger charge is 2.36. The number of fused-ring (bicyclic) bond motifs is 4. The van der Waals surface area contributed by atoms with E-state index >= 15 is 0 Å². The van der Waals surface area contributed by atoms with Crippen LogP contribution in [-0.4, -0.2) is 55.2 Å². The van der Waals surface area contributed by atoms with Crippen molar-refractivity contribution in [3.63, 3.8) is 0 Å². The normalized spacial score (nSPS) is 33.8. The van der Waals surface area contributed by atoms with Crippen LogP contribution < -0.4 is 10.5 Å². The van der Waals surface area contributed by atoms with Crippen LogP contribution in [0.25, 0.3) is 0 Å². The molecular formula is C15H21N3O. The molecule has 1 aromatic rings. The van der Waals surface area contributed by atoms with Gasteiger partial charge in [-0.2, -0.15) is 0 Å². The van der Waals surface area contributed by atoms with Crippen LogP contribution in [0.1, 0.15) is 17.2 Å². The molecular weight excluding hydrogens is 238 g/mol. The van der Waals surface area contributed by atoms with Crippen LogP contribution >= 0.6 is 0 Å². The van der Waals surface area contributed by atoms with Gasteiger partial charge >= 0.3 is 0 Å². The van der Waals surface area contributed by atoms with Crippen LogP contribution in [0.5, 0.6) is 5.75 Å². The molecule has 4 heteroatoms. The lowest BCUT2D eigenvalue weighted by Gasteiger charge is -2.49. The minimum atomic E-state index is 0.119. The Bertz CT molecular complexity index is 482. The summed E-state index contributed by atoms with van der Waals surface area (Å²) in [5.74, 6) is 1.05. The third kappa shape index (κ3) is 1.95. The smallest absolute Gasteiger partial charge is 0.122 e. The van der Waals surface area contributed by atoms with Crippen LogP contribution in [0, 0.1) is 0 Å². The van der Waals surface area contributed by atoms with Gasteiger partial charge in [0, 0.05) is 51.2 Å². The molecule has 1 aromatic carbocycles. The Balaban J connectivity index is 1.58. The maximum absolute atomic E-state index is 6.54. The summed E-state index contributed by atoms with van der Waals surface area (Å²) >= 11 is 0.